The zero-order chi connectivity index (χ0) is 18.7. The molecule has 0 N–H and O–H groups in total. The number of methoxy groups -OCH3 is 2. The van der Waals surface area contributed by atoms with Crippen molar-refractivity contribution in [1.82, 2.24) is 14.7 Å². The Hall–Kier alpha value is -1.79. The number of amides is 1. The summed E-state index contributed by atoms with van der Waals surface area (Å²) in [6.07, 6.45) is 0.935. The van der Waals surface area contributed by atoms with Gasteiger partial charge in [-0.15, -0.1) is 0 Å². The van der Waals surface area contributed by atoms with Gasteiger partial charge in [-0.05, 0) is 43.5 Å². The second kappa shape index (κ2) is 8.27. The van der Waals surface area contributed by atoms with Gasteiger partial charge in [0.1, 0.15) is 0 Å². The molecule has 1 fully saturated rings. The van der Waals surface area contributed by atoms with E-state index in [1.54, 1.807) is 14.2 Å². The molecule has 0 unspecified atom stereocenters. The Labute approximate surface area is 156 Å². The monoisotopic (exact) mass is 361 g/mol. The second-order valence-electron chi connectivity index (χ2n) is 7.45. The van der Waals surface area contributed by atoms with Crippen LogP contribution in [0.3, 0.4) is 0 Å². The number of carbonyl (C=O) groups excluding carboxylic acids is 1. The third-order valence-corrected chi connectivity index (χ3v) is 5.55. The van der Waals surface area contributed by atoms with Gasteiger partial charge in [0.05, 0.1) is 20.8 Å². The highest BCUT2D eigenvalue weighted by atomic mass is 16.5. The number of nitrogens with zero attached hydrogens (tertiary/aromatic N) is 3. The van der Waals surface area contributed by atoms with Gasteiger partial charge in [0, 0.05) is 45.3 Å². The third-order valence-electron chi connectivity index (χ3n) is 5.55. The van der Waals surface area contributed by atoms with Gasteiger partial charge < -0.3 is 14.4 Å². The van der Waals surface area contributed by atoms with E-state index >= 15 is 0 Å². The summed E-state index contributed by atoms with van der Waals surface area (Å²) in [6.45, 7) is 10.2. The minimum absolute atomic E-state index is 0.248. The summed E-state index contributed by atoms with van der Waals surface area (Å²) in [6, 6.07) is 4.67. The predicted octanol–water partition coefficient (Wildman–Crippen LogP) is 1.61. The zero-order valence-electron chi connectivity index (χ0n) is 16.5. The fraction of sp³-hybridized carbons (Fsp3) is 0.650. The summed E-state index contributed by atoms with van der Waals surface area (Å²) >= 11 is 0. The van der Waals surface area contributed by atoms with Crippen LogP contribution in [-0.4, -0.2) is 80.1 Å². The molecule has 0 atom stereocenters. The summed E-state index contributed by atoms with van der Waals surface area (Å²) in [7, 11) is 3.32. The van der Waals surface area contributed by atoms with Crippen LogP contribution in [0.5, 0.6) is 11.5 Å². The number of hydrogen-bond donors (Lipinski definition) is 0. The van der Waals surface area contributed by atoms with E-state index in [1.807, 2.05) is 11.0 Å². The smallest absolute Gasteiger partial charge is 0.236 e. The van der Waals surface area contributed by atoms with Crippen molar-refractivity contribution in [3.8, 4) is 11.5 Å². The van der Waals surface area contributed by atoms with Gasteiger partial charge in [-0.25, -0.2) is 0 Å². The van der Waals surface area contributed by atoms with Crippen molar-refractivity contribution in [2.45, 2.75) is 32.9 Å². The van der Waals surface area contributed by atoms with Gasteiger partial charge >= 0.3 is 0 Å². The lowest BCUT2D eigenvalue weighted by atomic mass is 9.98. The van der Waals surface area contributed by atoms with E-state index in [0.29, 0.717) is 12.6 Å². The van der Waals surface area contributed by atoms with Crippen molar-refractivity contribution in [2.24, 2.45) is 0 Å². The first-order chi connectivity index (χ1) is 12.5. The highest BCUT2D eigenvalue weighted by Crippen LogP contribution is 2.33. The molecule has 6 heteroatoms. The van der Waals surface area contributed by atoms with Crippen LogP contribution in [-0.2, 0) is 17.8 Å². The van der Waals surface area contributed by atoms with Crippen LogP contribution in [0.25, 0.3) is 0 Å². The molecule has 6 nitrogen and oxygen atoms in total. The molecule has 2 aliphatic rings. The Bertz CT molecular complexity index is 639. The maximum atomic E-state index is 12.7. The Morgan fingerprint density at radius 2 is 1.62 bits per heavy atom. The molecule has 2 aliphatic heterocycles. The minimum atomic E-state index is 0.248. The lowest BCUT2D eigenvalue weighted by Crippen LogP contribution is -2.53. The summed E-state index contributed by atoms with van der Waals surface area (Å²) in [5, 5.41) is 0. The quantitative estimate of drug-likeness (QED) is 0.797. The molecular weight excluding hydrogens is 330 g/mol. The van der Waals surface area contributed by atoms with E-state index in [4.69, 9.17) is 9.47 Å². The van der Waals surface area contributed by atoms with Crippen molar-refractivity contribution in [1.29, 1.82) is 0 Å². The third kappa shape index (κ3) is 4.13. The molecule has 26 heavy (non-hydrogen) atoms. The summed E-state index contributed by atoms with van der Waals surface area (Å²) in [5.74, 6) is 1.78. The summed E-state index contributed by atoms with van der Waals surface area (Å²) < 4.78 is 10.8. The average Bonchev–Trinajstić information content (AvgIpc) is 2.66. The molecule has 3 rings (SSSR count). The van der Waals surface area contributed by atoms with E-state index in [1.165, 1.54) is 11.1 Å². The van der Waals surface area contributed by atoms with Crippen LogP contribution in [0.15, 0.2) is 12.1 Å². The lowest BCUT2D eigenvalue weighted by Gasteiger charge is -2.38. The molecule has 144 valence electrons. The van der Waals surface area contributed by atoms with Gasteiger partial charge in [0.15, 0.2) is 11.5 Å². The number of fused-ring (bicyclic) bond motifs is 1. The molecule has 2 heterocycles. The highest BCUT2D eigenvalue weighted by Gasteiger charge is 2.26. The number of benzene rings is 1. The molecular formula is C20H31N3O3. The van der Waals surface area contributed by atoms with E-state index in [0.717, 1.165) is 57.2 Å². The first-order valence-corrected chi connectivity index (χ1v) is 9.49. The Balaban J connectivity index is 1.58. The van der Waals surface area contributed by atoms with Crippen LogP contribution in [0, 0.1) is 0 Å². The highest BCUT2D eigenvalue weighted by molar-refractivity contribution is 5.78. The van der Waals surface area contributed by atoms with Crippen LogP contribution < -0.4 is 9.47 Å². The van der Waals surface area contributed by atoms with Gasteiger partial charge in [0.2, 0.25) is 5.91 Å². The lowest BCUT2D eigenvalue weighted by molar-refractivity contribution is -0.134. The molecule has 1 aromatic rings. The van der Waals surface area contributed by atoms with Crippen LogP contribution in [0.2, 0.25) is 0 Å². The molecule has 1 saturated heterocycles. The molecule has 1 amide bonds. The van der Waals surface area contributed by atoms with E-state index in [9.17, 15) is 4.79 Å². The van der Waals surface area contributed by atoms with E-state index in [-0.39, 0.29) is 5.91 Å². The molecule has 0 spiro atoms. The van der Waals surface area contributed by atoms with Crippen molar-refractivity contribution in [3.05, 3.63) is 23.3 Å². The van der Waals surface area contributed by atoms with Crippen molar-refractivity contribution < 1.29 is 14.3 Å². The number of ether oxygens (including phenoxy) is 2. The number of piperazine rings is 1. The minimum Gasteiger partial charge on any atom is -0.493 e. The number of carbonyl (C=O) groups is 1. The Morgan fingerprint density at radius 1 is 1.00 bits per heavy atom. The topological polar surface area (TPSA) is 45.3 Å². The Morgan fingerprint density at radius 3 is 2.19 bits per heavy atom. The van der Waals surface area contributed by atoms with Crippen molar-refractivity contribution in [2.75, 3.05) is 53.5 Å². The largest absolute Gasteiger partial charge is 0.493 e. The molecule has 0 radical (unpaired) electrons. The zero-order valence-corrected chi connectivity index (χ0v) is 16.5. The van der Waals surface area contributed by atoms with Gasteiger partial charge in [-0.2, -0.15) is 0 Å². The molecule has 0 saturated carbocycles. The van der Waals surface area contributed by atoms with Crippen LogP contribution in [0.4, 0.5) is 0 Å². The number of hydrogen-bond acceptors (Lipinski definition) is 5. The average molecular weight is 361 g/mol. The molecule has 0 aromatic heterocycles. The predicted molar refractivity (Wildman–Crippen MR) is 102 cm³/mol. The standard InChI is InChI=1S/C20H31N3O3/c1-15(2)22-7-9-23(10-8-22)20(24)14-21-6-5-16-11-18(25-3)19(26-4)12-17(16)13-21/h11-12,15H,5-10,13-14H2,1-4H3. The summed E-state index contributed by atoms with van der Waals surface area (Å²) in [4.78, 5) is 19.4. The Kier molecular flexibility index (Phi) is 6.04. The van der Waals surface area contributed by atoms with Gasteiger partial charge in [0.25, 0.3) is 0 Å². The maximum absolute atomic E-state index is 12.7. The van der Waals surface area contributed by atoms with Crippen molar-refractivity contribution >= 4 is 5.91 Å². The first-order valence-electron chi connectivity index (χ1n) is 9.49. The van der Waals surface area contributed by atoms with E-state index in [2.05, 4.69) is 29.7 Å². The van der Waals surface area contributed by atoms with Crippen LogP contribution >= 0.6 is 0 Å². The first kappa shape index (κ1) is 19.0. The maximum Gasteiger partial charge on any atom is 0.236 e. The summed E-state index contributed by atoms with van der Waals surface area (Å²) in [5.41, 5.74) is 2.52. The van der Waals surface area contributed by atoms with Gasteiger partial charge in [-0.3, -0.25) is 14.6 Å². The van der Waals surface area contributed by atoms with E-state index < -0.39 is 0 Å². The SMILES string of the molecule is COc1cc2c(cc1OC)CN(CC(=O)N1CCN(C(C)C)CC1)CC2. The number of rotatable bonds is 5. The normalized spacial score (nSPS) is 18.7. The second-order valence-corrected chi connectivity index (χ2v) is 7.45. The fourth-order valence-corrected chi connectivity index (χ4v) is 3.86. The van der Waals surface area contributed by atoms with Gasteiger partial charge in [-0.1, -0.05) is 0 Å². The van der Waals surface area contributed by atoms with Crippen LogP contribution in [0.1, 0.15) is 25.0 Å². The fourth-order valence-electron chi connectivity index (χ4n) is 3.86. The van der Waals surface area contributed by atoms with Crippen molar-refractivity contribution in [3.63, 3.8) is 0 Å². The molecule has 1 aromatic carbocycles. The molecule has 0 bridgehead atoms. The molecule has 0 aliphatic carbocycles.